The number of methoxy groups -OCH3 is 2. The molecule has 0 saturated heterocycles. The Hall–Kier alpha value is -3.62. The zero-order valence-electron chi connectivity index (χ0n) is 23.0. The second-order valence-corrected chi connectivity index (χ2v) is 10.1. The number of hydrogen-bond donors (Lipinski definition) is 1. The van der Waals surface area contributed by atoms with Gasteiger partial charge in [-0.1, -0.05) is 34.1 Å². The van der Waals surface area contributed by atoms with Gasteiger partial charge in [0.2, 0.25) is 0 Å². The summed E-state index contributed by atoms with van der Waals surface area (Å²) in [5.41, 5.74) is 4.11. The number of nitrogens with one attached hydrogen (secondary N) is 1. The van der Waals surface area contributed by atoms with Crippen molar-refractivity contribution in [2.24, 2.45) is 5.41 Å². The molecular formula is C28H38N2O7. The molecule has 0 saturated carbocycles. The monoisotopic (exact) mass is 514 g/mol. The maximum Gasteiger partial charge on any atom is 0.431 e. The van der Waals surface area contributed by atoms with Crippen LogP contribution in [-0.4, -0.2) is 50.5 Å². The van der Waals surface area contributed by atoms with Crippen molar-refractivity contribution in [3.63, 3.8) is 0 Å². The summed E-state index contributed by atoms with van der Waals surface area (Å²) in [5, 5.41) is 1.36. The van der Waals surface area contributed by atoms with Crippen LogP contribution in [0.5, 0.6) is 28.7 Å². The van der Waals surface area contributed by atoms with Crippen molar-refractivity contribution in [3.05, 3.63) is 41.0 Å². The van der Waals surface area contributed by atoms with Crippen LogP contribution in [0.25, 0.3) is 0 Å². The van der Waals surface area contributed by atoms with Gasteiger partial charge in [-0.15, -0.1) is 0 Å². The molecule has 1 atom stereocenters. The van der Waals surface area contributed by atoms with E-state index in [1.54, 1.807) is 31.2 Å². The SMILES string of the molecule is CCCC(N(NC(=O)Oc1ccc2c(c1C)OCCO2)C(=O)c1cc(OC)c(C)c(OC)c1)C(C)(C)C. The molecule has 9 nitrogen and oxygen atoms in total. The fourth-order valence-corrected chi connectivity index (χ4v) is 4.41. The number of amides is 2. The van der Waals surface area contributed by atoms with Crippen molar-refractivity contribution >= 4 is 12.0 Å². The smallest absolute Gasteiger partial charge is 0.431 e. The van der Waals surface area contributed by atoms with Gasteiger partial charge in [0.25, 0.3) is 5.91 Å². The van der Waals surface area contributed by atoms with E-state index in [0.29, 0.717) is 59.5 Å². The molecule has 0 bridgehead atoms. The number of hydrazine groups is 1. The van der Waals surface area contributed by atoms with Gasteiger partial charge >= 0.3 is 6.09 Å². The minimum Gasteiger partial charge on any atom is -0.496 e. The number of carbonyl (C=O) groups is 2. The Labute approximate surface area is 218 Å². The molecule has 202 valence electrons. The largest absolute Gasteiger partial charge is 0.496 e. The van der Waals surface area contributed by atoms with Gasteiger partial charge in [-0.25, -0.2) is 15.2 Å². The van der Waals surface area contributed by atoms with Gasteiger partial charge in [-0.3, -0.25) is 4.79 Å². The van der Waals surface area contributed by atoms with Crippen LogP contribution in [0, 0.1) is 19.3 Å². The lowest BCUT2D eigenvalue weighted by atomic mass is 9.83. The number of carbonyl (C=O) groups excluding carboxylic acids is 2. The van der Waals surface area contributed by atoms with E-state index in [1.165, 1.54) is 19.2 Å². The van der Waals surface area contributed by atoms with Gasteiger partial charge in [-0.05, 0) is 49.9 Å². The Morgan fingerprint density at radius 3 is 2.19 bits per heavy atom. The second kappa shape index (κ2) is 11.6. The maximum absolute atomic E-state index is 13.9. The molecule has 1 heterocycles. The van der Waals surface area contributed by atoms with Gasteiger partial charge in [0.15, 0.2) is 11.5 Å². The summed E-state index contributed by atoms with van der Waals surface area (Å²) in [7, 11) is 3.07. The minimum atomic E-state index is -0.787. The number of nitrogens with zero attached hydrogens (tertiary/aromatic N) is 1. The average Bonchev–Trinajstić information content (AvgIpc) is 2.87. The van der Waals surface area contributed by atoms with E-state index in [-0.39, 0.29) is 11.5 Å². The second-order valence-electron chi connectivity index (χ2n) is 10.1. The number of fused-ring (bicyclic) bond motifs is 1. The lowest BCUT2D eigenvalue weighted by Gasteiger charge is -2.39. The Kier molecular flexibility index (Phi) is 8.78. The van der Waals surface area contributed by atoms with Crippen LogP contribution in [0.1, 0.15) is 62.0 Å². The number of rotatable bonds is 7. The fraction of sp³-hybridized carbons (Fsp3) is 0.500. The van der Waals surface area contributed by atoms with Crippen LogP contribution in [0.3, 0.4) is 0 Å². The van der Waals surface area contributed by atoms with Gasteiger partial charge in [-0.2, -0.15) is 0 Å². The Bertz CT molecular complexity index is 1120. The van der Waals surface area contributed by atoms with Crippen LogP contribution < -0.4 is 29.1 Å². The quantitative estimate of drug-likeness (QED) is 0.491. The van der Waals surface area contributed by atoms with Crippen LogP contribution in [0.15, 0.2) is 24.3 Å². The van der Waals surface area contributed by atoms with Gasteiger partial charge in [0.1, 0.15) is 30.5 Å². The van der Waals surface area contributed by atoms with E-state index < -0.39 is 12.0 Å². The normalized spacial score (nSPS) is 13.4. The molecule has 1 unspecified atom stereocenters. The van der Waals surface area contributed by atoms with E-state index >= 15 is 0 Å². The predicted molar refractivity (Wildman–Crippen MR) is 140 cm³/mol. The first-order chi connectivity index (χ1) is 17.5. The minimum absolute atomic E-state index is 0.315. The molecule has 0 aliphatic carbocycles. The first-order valence-electron chi connectivity index (χ1n) is 12.5. The van der Waals surface area contributed by atoms with Crippen molar-refractivity contribution in [3.8, 4) is 28.7 Å². The van der Waals surface area contributed by atoms with Crippen LogP contribution >= 0.6 is 0 Å². The molecule has 0 aromatic heterocycles. The first-order valence-corrected chi connectivity index (χ1v) is 12.5. The molecule has 1 aliphatic heterocycles. The summed E-state index contributed by atoms with van der Waals surface area (Å²) in [6.45, 7) is 12.6. The molecule has 2 amide bonds. The average molecular weight is 515 g/mol. The lowest BCUT2D eigenvalue weighted by molar-refractivity contribution is 0.0309. The van der Waals surface area contributed by atoms with E-state index in [1.807, 2.05) is 34.6 Å². The lowest BCUT2D eigenvalue weighted by Crippen LogP contribution is -2.56. The maximum atomic E-state index is 13.9. The summed E-state index contributed by atoms with van der Waals surface area (Å²) >= 11 is 0. The van der Waals surface area contributed by atoms with Crippen molar-refractivity contribution in [2.75, 3.05) is 27.4 Å². The molecular weight excluding hydrogens is 476 g/mol. The third-order valence-electron chi connectivity index (χ3n) is 6.41. The summed E-state index contributed by atoms with van der Waals surface area (Å²) < 4.78 is 27.9. The molecule has 37 heavy (non-hydrogen) atoms. The summed E-state index contributed by atoms with van der Waals surface area (Å²) in [4.78, 5) is 27.1. The Morgan fingerprint density at radius 1 is 1.00 bits per heavy atom. The zero-order valence-corrected chi connectivity index (χ0v) is 23.0. The van der Waals surface area contributed by atoms with Crippen molar-refractivity contribution in [1.29, 1.82) is 0 Å². The molecule has 9 heteroatoms. The fourth-order valence-electron chi connectivity index (χ4n) is 4.41. The molecule has 3 rings (SSSR count). The van der Waals surface area contributed by atoms with E-state index in [4.69, 9.17) is 23.7 Å². The molecule has 1 N–H and O–H groups in total. The van der Waals surface area contributed by atoms with Gasteiger partial charge in [0, 0.05) is 16.7 Å². The highest BCUT2D eigenvalue weighted by molar-refractivity contribution is 5.96. The Balaban J connectivity index is 1.96. The van der Waals surface area contributed by atoms with Crippen LogP contribution in [0.2, 0.25) is 0 Å². The summed E-state index contributed by atoms with van der Waals surface area (Å²) in [5.74, 6) is 2.09. The first kappa shape index (κ1) is 28.0. The van der Waals surface area contributed by atoms with E-state index in [2.05, 4.69) is 5.43 Å². The molecule has 0 radical (unpaired) electrons. The number of hydrogen-bond acceptors (Lipinski definition) is 7. The molecule has 2 aromatic rings. The highest BCUT2D eigenvalue weighted by atomic mass is 16.6. The molecule has 2 aromatic carbocycles. The summed E-state index contributed by atoms with van der Waals surface area (Å²) in [6.07, 6.45) is 0.688. The summed E-state index contributed by atoms with van der Waals surface area (Å²) in [6, 6.07) is 6.33. The van der Waals surface area contributed by atoms with Gasteiger partial charge < -0.3 is 23.7 Å². The van der Waals surface area contributed by atoms with Crippen molar-refractivity contribution < 1.29 is 33.3 Å². The van der Waals surface area contributed by atoms with Crippen LogP contribution in [-0.2, 0) is 0 Å². The van der Waals surface area contributed by atoms with E-state index in [0.717, 1.165) is 12.0 Å². The van der Waals surface area contributed by atoms with Crippen molar-refractivity contribution in [1.82, 2.24) is 10.4 Å². The van der Waals surface area contributed by atoms with Crippen LogP contribution in [0.4, 0.5) is 4.79 Å². The predicted octanol–water partition coefficient (Wildman–Crippen LogP) is 5.45. The molecule has 0 fully saturated rings. The topological polar surface area (TPSA) is 95.6 Å². The highest BCUT2D eigenvalue weighted by Crippen LogP contribution is 2.39. The molecule has 0 spiro atoms. The number of benzene rings is 2. The Morgan fingerprint density at radius 2 is 1.62 bits per heavy atom. The molecule has 1 aliphatic rings. The standard InChI is InChI=1S/C28H38N2O7/c1-9-10-24(28(4,5)6)30(26(31)19-15-22(33-7)17(2)23(16-19)34-8)29-27(32)37-20-11-12-21-25(18(20)3)36-14-13-35-21/h11-12,15-16,24H,9-10,13-14H2,1-8H3,(H,29,32). The van der Waals surface area contributed by atoms with E-state index in [9.17, 15) is 9.59 Å². The third kappa shape index (κ3) is 6.21. The zero-order chi connectivity index (χ0) is 27.3. The third-order valence-corrected chi connectivity index (χ3v) is 6.41. The van der Waals surface area contributed by atoms with Crippen molar-refractivity contribution in [2.45, 2.75) is 60.4 Å². The van der Waals surface area contributed by atoms with Gasteiger partial charge in [0.05, 0.1) is 20.3 Å². The highest BCUT2D eigenvalue weighted by Gasteiger charge is 2.36. The number of ether oxygens (including phenoxy) is 5.